The number of aliphatic hydroxyl groups is 1. The summed E-state index contributed by atoms with van der Waals surface area (Å²) in [5.41, 5.74) is 0. The van der Waals surface area contributed by atoms with Gasteiger partial charge in [0.1, 0.15) is 12.8 Å². The van der Waals surface area contributed by atoms with Gasteiger partial charge < -0.3 is 24.1 Å². The Labute approximate surface area is 120 Å². The fourth-order valence-corrected chi connectivity index (χ4v) is 2.00. The molecule has 1 fully saturated rings. The Morgan fingerprint density at radius 2 is 1.38 bits per heavy atom. The predicted octanol–water partition coefficient (Wildman–Crippen LogP) is -0.532. The van der Waals surface area contributed by atoms with E-state index in [0.717, 1.165) is 20.8 Å². The lowest BCUT2D eigenvalue weighted by Crippen LogP contribution is -2.61. The van der Waals surface area contributed by atoms with E-state index in [9.17, 15) is 23.9 Å². The van der Waals surface area contributed by atoms with E-state index in [0.29, 0.717) is 0 Å². The van der Waals surface area contributed by atoms with Crippen LogP contribution in [0.25, 0.3) is 0 Å². The lowest BCUT2D eigenvalue weighted by molar-refractivity contribution is -0.292. The van der Waals surface area contributed by atoms with Crippen molar-refractivity contribution in [3.63, 3.8) is 0 Å². The molecule has 1 heterocycles. The molecule has 1 rings (SSSR count). The second-order valence-corrected chi connectivity index (χ2v) is 4.44. The average molecular weight is 308 g/mol. The van der Waals surface area contributed by atoms with E-state index in [2.05, 4.69) is 0 Å². The summed E-state index contributed by atoms with van der Waals surface area (Å²) in [5, 5.41) is 9.76. The maximum Gasteiger partial charge on any atom is 0.303 e. The maximum atomic E-state index is 13.0. The van der Waals surface area contributed by atoms with Crippen LogP contribution in [-0.2, 0) is 33.3 Å². The first-order valence-electron chi connectivity index (χ1n) is 6.17. The second-order valence-electron chi connectivity index (χ2n) is 4.44. The molecular weight excluding hydrogens is 291 g/mol. The average Bonchev–Trinajstić information content (AvgIpc) is 2.35. The number of hydrogen-bond donors (Lipinski definition) is 1. The SMILES string of the molecule is CC(=O)O[C@@H]1[C@@H](OC(C)=O)[C@@H](CF)O[C@@H](O)[C@H]1OC(C)=O. The number of esters is 3. The third kappa shape index (κ3) is 4.64. The molecule has 9 heteroatoms. The summed E-state index contributed by atoms with van der Waals surface area (Å²) in [6.45, 7) is 2.12. The van der Waals surface area contributed by atoms with Gasteiger partial charge in [-0.3, -0.25) is 14.4 Å². The predicted molar refractivity (Wildman–Crippen MR) is 63.5 cm³/mol. The van der Waals surface area contributed by atoms with Crippen LogP contribution in [0.4, 0.5) is 4.39 Å². The Bertz CT molecular complexity index is 412. The normalized spacial score (nSPS) is 32.1. The summed E-state index contributed by atoms with van der Waals surface area (Å²) >= 11 is 0. The molecule has 0 unspecified atom stereocenters. The van der Waals surface area contributed by atoms with Crippen molar-refractivity contribution in [2.75, 3.05) is 6.67 Å². The molecule has 0 aromatic heterocycles. The van der Waals surface area contributed by atoms with Gasteiger partial charge in [-0.2, -0.15) is 0 Å². The molecule has 21 heavy (non-hydrogen) atoms. The minimum absolute atomic E-state index is 0.767. The highest BCUT2D eigenvalue weighted by molar-refractivity contribution is 5.68. The molecule has 1 N–H and O–H groups in total. The van der Waals surface area contributed by atoms with E-state index in [-0.39, 0.29) is 0 Å². The highest BCUT2D eigenvalue weighted by atomic mass is 19.1. The molecule has 1 aliphatic rings. The number of carbonyl (C=O) groups excluding carboxylic acids is 3. The molecule has 120 valence electrons. The molecule has 0 bridgehead atoms. The first-order valence-corrected chi connectivity index (χ1v) is 6.17. The van der Waals surface area contributed by atoms with Crippen molar-refractivity contribution in [2.24, 2.45) is 0 Å². The largest absolute Gasteiger partial charge is 0.456 e. The van der Waals surface area contributed by atoms with Crippen LogP contribution in [0, 0.1) is 0 Å². The first-order chi connectivity index (χ1) is 9.76. The Balaban J connectivity index is 3.08. The van der Waals surface area contributed by atoms with Crippen LogP contribution >= 0.6 is 0 Å². The van der Waals surface area contributed by atoms with Crippen molar-refractivity contribution in [3.8, 4) is 0 Å². The summed E-state index contributed by atoms with van der Waals surface area (Å²) in [5.74, 6) is -2.32. The molecule has 0 amide bonds. The van der Waals surface area contributed by atoms with Gasteiger partial charge in [-0.15, -0.1) is 0 Å². The highest BCUT2D eigenvalue weighted by Gasteiger charge is 2.51. The van der Waals surface area contributed by atoms with Crippen LogP contribution in [0.3, 0.4) is 0 Å². The fourth-order valence-electron chi connectivity index (χ4n) is 2.00. The standard InChI is InChI=1S/C12H17FO8/c1-5(14)18-9-8(4-13)21-12(17)11(20-7(3)16)10(9)19-6(2)15/h8-12,17H,4H2,1-3H3/t8-,9+,10-,11+,12-/m1/s1. The summed E-state index contributed by atoms with van der Waals surface area (Å²) in [6, 6.07) is 0. The molecule has 0 radical (unpaired) electrons. The molecule has 1 saturated heterocycles. The van der Waals surface area contributed by atoms with Gasteiger partial charge in [0, 0.05) is 20.8 Å². The zero-order valence-corrected chi connectivity index (χ0v) is 11.8. The van der Waals surface area contributed by atoms with E-state index in [1.165, 1.54) is 0 Å². The zero-order chi connectivity index (χ0) is 16.2. The van der Waals surface area contributed by atoms with Crippen LogP contribution < -0.4 is 0 Å². The Morgan fingerprint density at radius 3 is 1.81 bits per heavy atom. The van der Waals surface area contributed by atoms with Gasteiger partial charge >= 0.3 is 17.9 Å². The molecular formula is C12H17FO8. The van der Waals surface area contributed by atoms with Crippen molar-refractivity contribution < 1.29 is 42.8 Å². The maximum absolute atomic E-state index is 13.0. The van der Waals surface area contributed by atoms with Gasteiger partial charge in [0.25, 0.3) is 0 Å². The number of carbonyl (C=O) groups is 3. The first kappa shape index (κ1) is 17.3. The van der Waals surface area contributed by atoms with Gasteiger partial charge in [-0.1, -0.05) is 0 Å². The van der Waals surface area contributed by atoms with Crippen LogP contribution in [0.2, 0.25) is 0 Å². The van der Waals surface area contributed by atoms with Crippen molar-refractivity contribution in [1.82, 2.24) is 0 Å². The fraction of sp³-hybridized carbons (Fsp3) is 0.750. The number of rotatable bonds is 4. The van der Waals surface area contributed by atoms with Gasteiger partial charge in [0.15, 0.2) is 24.6 Å². The van der Waals surface area contributed by atoms with E-state index in [1.807, 2.05) is 0 Å². The minimum atomic E-state index is -1.72. The molecule has 0 spiro atoms. The van der Waals surface area contributed by atoms with E-state index < -0.39 is 55.3 Å². The van der Waals surface area contributed by atoms with Crippen molar-refractivity contribution in [2.45, 2.75) is 51.5 Å². The second kappa shape index (κ2) is 7.32. The van der Waals surface area contributed by atoms with Crippen LogP contribution in [-0.4, -0.2) is 60.4 Å². The van der Waals surface area contributed by atoms with Crippen LogP contribution in [0.15, 0.2) is 0 Å². The highest BCUT2D eigenvalue weighted by Crippen LogP contribution is 2.28. The number of hydrogen-bond acceptors (Lipinski definition) is 8. The van der Waals surface area contributed by atoms with Crippen molar-refractivity contribution in [1.29, 1.82) is 0 Å². The van der Waals surface area contributed by atoms with Gasteiger partial charge in [0.05, 0.1) is 0 Å². The van der Waals surface area contributed by atoms with E-state index >= 15 is 0 Å². The van der Waals surface area contributed by atoms with E-state index in [1.54, 1.807) is 0 Å². The monoisotopic (exact) mass is 308 g/mol. The number of ether oxygens (including phenoxy) is 4. The molecule has 1 aliphatic heterocycles. The molecule has 5 atom stereocenters. The van der Waals surface area contributed by atoms with Gasteiger partial charge in [0.2, 0.25) is 0 Å². The Kier molecular flexibility index (Phi) is 6.03. The Morgan fingerprint density at radius 1 is 0.952 bits per heavy atom. The lowest BCUT2D eigenvalue weighted by atomic mass is 9.98. The summed E-state index contributed by atoms with van der Waals surface area (Å²) in [4.78, 5) is 33.3. The van der Waals surface area contributed by atoms with Crippen LogP contribution in [0.1, 0.15) is 20.8 Å². The molecule has 0 aromatic carbocycles. The minimum Gasteiger partial charge on any atom is -0.456 e. The summed E-state index contributed by atoms with van der Waals surface area (Å²) in [7, 11) is 0. The van der Waals surface area contributed by atoms with Gasteiger partial charge in [-0.25, -0.2) is 4.39 Å². The van der Waals surface area contributed by atoms with Crippen LogP contribution in [0.5, 0.6) is 0 Å². The van der Waals surface area contributed by atoms with Crippen molar-refractivity contribution >= 4 is 17.9 Å². The van der Waals surface area contributed by atoms with E-state index in [4.69, 9.17) is 18.9 Å². The van der Waals surface area contributed by atoms with Gasteiger partial charge in [-0.05, 0) is 0 Å². The molecule has 0 aliphatic carbocycles. The number of alkyl halides is 1. The van der Waals surface area contributed by atoms with Crippen molar-refractivity contribution in [3.05, 3.63) is 0 Å². The third-order valence-electron chi connectivity index (χ3n) is 2.67. The third-order valence-corrected chi connectivity index (χ3v) is 2.67. The molecule has 8 nitrogen and oxygen atoms in total. The molecule has 0 aromatic rings. The quantitative estimate of drug-likeness (QED) is 0.545. The Hall–Kier alpha value is -1.74. The number of halogens is 1. The topological polar surface area (TPSA) is 108 Å². The molecule has 0 saturated carbocycles. The summed E-state index contributed by atoms with van der Waals surface area (Å²) in [6.07, 6.45) is -7.21. The smallest absolute Gasteiger partial charge is 0.303 e. The lowest BCUT2D eigenvalue weighted by Gasteiger charge is -2.42. The summed E-state index contributed by atoms with van der Waals surface area (Å²) < 4.78 is 32.5. The zero-order valence-electron chi connectivity index (χ0n) is 11.8. The number of aliphatic hydroxyl groups excluding tert-OH is 1.